The molecule has 1 aromatic carbocycles. The fraction of sp³-hybridized carbons (Fsp3) is 0.600. The standard InChI is InChI=1S/C15H21NO/c1-2-16-10-5-8-15(9-11-16)14-7-4-3-6-13(14)12-17-15/h3-4,6-7H,2,5,8-12H2,1H3/t15-/m1/s1. The fourth-order valence-electron chi connectivity index (χ4n) is 3.28. The Kier molecular flexibility index (Phi) is 2.93. The molecular formula is C15H21NO. The summed E-state index contributed by atoms with van der Waals surface area (Å²) in [5, 5.41) is 0. The van der Waals surface area contributed by atoms with E-state index < -0.39 is 0 Å². The van der Waals surface area contributed by atoms with Crippen LogP contribution in [0, 0.1) is 0 Å². The van der Waals surface area contributed by atoms with Crippen molar-refractivity contribution in [1.82, 2.24) is 4.90 Å². The quantitative estimate of drug-likeness (QED) is 0.737. The summed E-state index contributed by atoms with van der Waals surface area (Å²) < 4.78 is 6.20. The van der Waals surface area contributed by atoms with Gasteiger partial charge in [-0.1, -0.05) is 31.2 Å². The maximum absolute atomic E-state index is 6.20. The molecule has 0 unspecified atom stereocenters. The van der Waals surface area contributed by atoms with Gasteiger partial charge in [0.05, 0.1) is 12.2 Å². The Hall–Kier alpha value is -0.860. The van der Waals surface area contributed by atoms with E-state index in [0.29, 0.717) is 0 Å². The van der Waals surface area contributed by atoms with Gasteiger partial charge in [-0.3, -0.25) is 0 Å². The summed E-state index contributed by atoms with van der Waals surface area (Å²) in [7, 11) is 0. The van der Waals surface area contributed by atoms with Crippen LogP contribution < -0.4 is 0 Å². The lowest BCUT2D eigenvalue weighted by molar-refractivity contribution is -0.0484. The van der Waals surface area contributed by atoms with Crippen molar-refractivity contribution in [2.24, 2.45) is 0 Å². The molecule has 1 saturated heterocycles. The van der Waals surface area contributed by atoms with Crippen LogP contribution in [0.4, 0.5) is 0 Å². The molecule has 0 bridgehead atoms. The second-order valence-corrected chi connectivity index (χ2v) is 5.23. The zero-order valence-electron chi connectivity index (χ0n) is 10.6. The van der Waals surface area contributed by atoms with E-state index >= 15 is 0 Å². The normalized spacial score (nSPS) is 29.2. The number of fused-ring (bicyclic) bond motifs is 2. The Labute approximate surface area is 104 Å². The highest BCUT2D eigenvalue weighted by Gasteiger charge is 2.40. The number of likely N-dealkylation sites (tertiary alicyclic amines) is 1. The molecule has 0 aromatic heterocycles. The maximum atomic E-state index is 6.20. The highest BCUT2D eigenvalue weighted by Crippen LogP contribution is 2.43. The van der Waals surface area contributed by atoms with Gasteiger partial charge in [0.2, 0.25) is 0 Å². The van der Waals surface area contributed by atoms with E-state index in [1.165, 1.54) is 37.1 Å². The number of rotatable bonds is 1. The Morgan fingerprint density at radius 1 is 1.24 bits per heavy atom. The molecule has 1 fully saturated rings. The molecule has 1 spiro atoms. The first-order chi connectivity index (χ1) is 8.34. The van der Waals surface area contributed by atoms with E-state index in [4.69, 9.17) is 4.74 Å². The number of hydrogen-bond acceptors (Lipinski definition) is 2. The van der Waals surface area contributed by atoms with Gasteiger partial charge >= 0.3 is 0 Å². The van der Waals surface area contributed by atoms with Gasteiger partial charge in [0.25, 0.3) is 0 Å². The molecule has 0 saturated carbocycles. The summed E-state index contributed by atoms with van der Waals surface area (Å²) in [6.07, 6.45) is 3.58. The van der Waals surface area contributed by atoms with E-state index in [2.05, 4.69) is 36.1 Å². The highest BCUT2D eigenvalue weighted by molar-refractivity contribution is 5.35. The lowest BCUT2D eigenvalue weighted by Crippen LogP contribution is -2.28. The predicted octanol–water partition coefficient (Wildman–Crippen LogP) is 2.92. The zero-order chi connectivity index (χ0) is 11.7. The molecule has 1 aromatic rings. The summed E-state index contributed by atoms with van der Waals surface area (Å²) in [6, 6.07) is 8.75. The van der Waals surface area contributed by atoms with Crippen molar-refractivity contribution in [3.05, 3.63) is 35.4 Å². The summed E-state index contributed by atoms with van der Waals surface area (Å²) in [6.45, 7) is 6.62. The molecule has 2 heterocycles. The van der Waals surface area contributed by atoms with Crippen molar-refractivity contribution in [3.63, 3.8) is 0 Å². The van der Waals surface area contributed by atoms with Gasteiger partial charge in [0, 0.05) is 6.54 Å². The molecule has 0 amide bonds. The van der Waals surface area contributed by atoms with Gasteiger partial charge in [-0.2, -0.15) is 0 Å². The van der Waals surface area contributed by atoms with Crippen LogP contribution in [0.3, 0.4) is 0 Å². The van der Waals surface area contributed by atoms with Gasteiger partial charge in [-0.25, -0.2) is 0 Å². The van der Waals surface area contributed by atoms with Gasteiger partial charge in [0.1, 0.15) is 0 Å². The monoisotopic (exact) mass is 231 g/mol. The number of nitrogens with zero attached hydrogens (tertiary/aromatic N) is 1. The molecule has 2 aliphatic rings. The third-order valence-electron chi connectivity index (χ3n) is 4.35. The number of benzene rings is 1. The Morgan fingerprint density at radius 2 is 2.12 bits per heavy atom. The molecule has 3 rings (SSSR count). The van der Waals surface area contributed by atoms with E-state index in [1.54, 1.807) is 0 Å². The average Bonchev–Trinajstić information content (AvgIpc) is 2.59. The number of ether oxygens (including phenoxy) is 1. The van der Waals surface area contributed by atoms with Crippen molar-refractivity contribution in [2.75, 3.05) is 19.6 Å². The molecule has 1 atom stereocenters. The van der Waals surface area contributed by atoms with Gasteiger partial charge < -0.3 is 9.64 Å². The van der Waals surface area contributed by atoms with Crippen molar-refractivity contribution in [1.29, 1.82) is 0 Å². The minimum absolute atomic E-state index is 0.0283. The molecule has 0 N–H and O–H groups in total. The van der Waals surface area contributed by atoms with Crippen LogP contribution in [-0.4, -0.2) is 24.5 Å². The minimum atomic E-state index is 0.0283. The maximum Gasteiger partial charge on any atom is 0.0952 e. The van der Waals surface area contributed by atoms with Gasteiger partial charge in [-0.05, 0) is 43.5 Å². The molecule has 2 nitrogen and oxygen atoms in total. The van der Waals surface area contributed by atoms with Crippen molar-refractivity contribution < 1.29 is 4.74 Å². The fourth-order valence-corrected chi connectivity index (χ4v) is 3.28. The second-order valence-electron chi connectivity index (χ2n) is 5.23. The Morgan fingerprint density at radius 3 is 3.00 bits per heavy atom. The summed E-state index contributed by atoms with van der Waals surface area (Å²) >= 11 is 0. The Balaban J connectivity index is 1.88. The highest BCUT2D eigenvalue weighted by atomic mass is 16.5. The van der Waals surface area contributed by atoms with E-state index in [-0.39, 0.29) is 5.60 Å². The summed E-state index contributed by atoms with van der Waals surface area (Å²) in [5.41, 5.74) is 2.89. The Bertz CT molecular complexity index is 404. The van der Waals surface area contributed by atoms with Gasteiger partial charge in [-0.15, -0.1) is 0 Å². The zero-order valence-corrected chi connectivity index (χ0v) is 10.6. The molecule has 2 heteroatoms. The number of hydrogen-bond donors (Lipinski definition) is 0. The third-order valence-corrected chi connectivity index (χ3v) is 4.35. The van der Waals surface area contributed by atoms with E-state index in [1.807, 2.05) is 0 Å². The smallest absolute Gasteiger partial charge is 0.0952 e. The second kappa shape index (κ2) is 4.43. The summed E-state index contributed by atoms with van der Waals surface area (Å²) in [5.74, 6) is 0. The van der Waals surface area contributed by atoms with E-state index in [9.17, 15) is 0 Å². The lowest BCUT2D eigenvalue weighted by atomic mass is 9.86. The van der Waals surface area contributed by atoms with Crippen molar-refractivity contribution in [2.45, 2.75) is 38.4 Å². The van der Waals surface area contributed by atoms with Crippen LogP contribution in [-0.2, 0) is 16.9 Å². The van der Waals surface area contributed by atoms with Crippen molar-refractivity contribution >= 4 is 0 Å². The molecule has 92 valence electrons. The summed E-state index contributed by atoms with van der Waals surface area (Å²) in [4.78, 5) is 2.54. The molecule has 0 aliphatic carbocycles. The molecule has 2 aliphatic heterocycles. The molecule has 0 radical (unpaired) electrons. The topological polar surface area (TPSA) is 12.5 Å². The van der Waals surface area contributed by atoms with Gasteiger partial charge in [0.15, 0.2) is 0 Å². The minimum Gasteiger partial charge on any atom is -0.366 e. The first kappa shape index (κ1) is 11.2. The van der Waals surface area contributed by atoms with Crippen molar-refractivity contribution in [3.8, 4) is 0 Å². The van der Waals surface area contributed by atoms with Crippen LogP contribution >= 0.6 is 0 Å². The van der Waals surface area contributed by atoms with Crippen LogP contribution in [0.5, 0.6) is 0 Å². The first-order valence-electron chi connectivity index (χ1n) is 6.79. The van der Waals surface area contributed by atoms with Crippen LogP contribution in [0.2, 0.25) is 0 Å². The third kappa shape index (κ3) is 1.90. The van der Waals surface area contributed by atoms with Crippen LogP contribution in [0.15, 0.2) is 24.3 Å². The SMILES string of the molecule is CCN1CCC[C@]2(CC1)OCc1ccccc12. The van der Waals surface area contributed by atoms with E-state index in [0.717, 1.165) is 19.6 Å². The predicted molar refractivity (Wildman–Crippen MR) is 68.9 cm³/mol. The largest absolute Gasteiger partial charge is 0.366 e. The average molecular weight is 231 g/mol. The lowest BCUT2D eigenvalue weighted by Gasteiger charge is -2.28. The van der Waals surface area contributed by atoms with Crippen LogP contribution in [0.1, 0.15) is 37.3 Å². The molecular weight excluding hydrogens is 210 g/mol. The molecule has 17 heavy (non-hydrogen) atoms. The first-order valence-corrected chi connectivity index (χ1v) is 6.79. The van der Waals surface area contributed by atoms with Crippen LogP contribution in [0.25, 0.3) is 0 Å².